The van der Waals surface area contributed by atoms with Gasteiger partial charge in [0.05, 0.1) is 11.7 Å². The number of fused-ring (bicyclic) bond motifs is 1. The van der Waals surface area contributed by atoms with E-state index in [-0.39, 0.29) is 20.9 Å². The van der Waals surface area contributed by atoms with Crippen molar-refractivity contribution < 1.29 is 19.5 Å². The van der Waals surface area contributed by atoms with Gasteiger partial charge < -0.3 is 21.9 Å². The minimum atomic E-state index is -1.59. The average Bonchev–Trinajstić information content (AvgIpc) is 3.20. The van der Waals surface area contributed by atoms with E-state index in [4.69, 9.17) is 23.1 Å². The normalized spacial score (nSPS) is 19.7. The number of nitrogen functional groups attached to an aromatic ring is 1. The van der Waals surface area contributed by atoms with Crippen LogP contribution in [0.15, 0.2) is 39.0 Å². The van der Waals surface area contributed by atoms with E-state index in [9.17, 15) is 24.4 Å². The summed E-state index contributed by atoms with van der Waals surface area (Å²) < 4.78 is 0.0467. The molecule has 1 fully saturated rings. The van der Waals surface area contributed by atoms with Crippen LogP contribution in [0.4, 0.5) is 5.13 Å². The molecular weight excluding hydrogens is 562 g/mol. The number of thiazole rings is 1. The second-order valence-corrected chi connectivity index (χ2v) is 11.9. The van der Waals surface area contributed by atoms with Crippen LogP contribution in [0, 0.1) is 4.91 Å². The van der Waals surface area contributed by atoms with E-state index in [0.717, 1.165) is 27.7 Å². The van der Waals surface area contributed by atoms with Gasteiger partial charge in [0, 0.05) is 34.0 Å². The standard InChI is InChI=1S/C21H22ClN7O5S3/c22-17-14(27-21(24)37-17)15(28-34)18(30)26-13-10-3-4-12(16(20(32)33)29(10)19(13)31)36-11-2-1-6-25-9(11)8-35-7-5-23/h1-2,6,10,13,15H,3-5,7-8,23H2,(H2,24,27)(H,26,30)(H,32,33). The molecule has 0 radical (unpaired) electrons. The Morgan fingerprint density at radius 1 is 1.43 bits per heavy atom. The molecule has 2 aliphatic heterocycles. The van der Waals surface area contributed by atoms with Gasteiger partial charge in [-0.25, -0.2) is 9.78 Å². The molecule has 2 aromatic rings. The lowest BCUT2D eigenvalue weighted by atomic mass is 9.86. The Labute approximate surface area is 228 Å². The van der Waals surface area contributed by atoms with Gasteiger partial charge in [0.1, 0.15) is 21.8 Å². The number of hydrogen-bond acceptors (Lipinski definition) is 12. The number of anilines is 1. The van der Waals surface area contributed by atoms with Crippen LogP contribution >= 0.6 is 46.5 Å². The highest BCUT2D eigenvalue weighted by molar-refractivity contribution is 8.03. The Morgan fingerprint density at radius 2 is 2.22 bits per heavy atom. The third-order valence-corrected chi connectivity index (χ3v) is 9.07. The fourth-order valence-corrected chi connectivity index (χ4v) is 7.04. The first-order valence-corrected chi connectivity index (χ1v) is 14.2. The lowest BCUT2D eigenvalue weighted by Gasteiger charge is -2.50. The first-order chi connectivity index (χ1) is 17.8. The van der Waals surface area contributed by atoms with Gasteiger partial charge >= 0.3 is 5.97 Å². The lowest BCUT2D eigenvalue weighted by Crippen LogP contribution is -2.71. The molecule has 37 heavy (non-hydrogen) atoms. The number of rotatable bonds is 11. The lowest BCUT2D eigenvalue weighted by molar-refractivity contribution is -0.156. The van der Waals surface area contributed by atoms with Crippen LogP contribution in [0.2, 0.25) is 4.34 Å². The van der Waals surface area contributed by atoms with Crippen molar-refractivity contribution in [3.05, 3.63) is 49.6 Å². The quantitative estimate of drug-likeness (QED) is 0.172. The number of thioether (sulfide) groups is 2. The van der Waals surface area contributed by atoms with Crippen LogP contribution in [0.5, 0.6) is 0 Å². The maximum atomic E-state index is 13.0. The summed E-state index contributed by atoms with van der Waals surface area (Å²) in [5.74, 6) is -1.31. The number of aromatic nitrogens is 2. The smallest absolute Gasteiger partial charge is 0.353 e. The van der Waals surface area contributed by atoms with Gasteiger partial charge in [-0.15, -0.1) is 4.91 Å². The number of pyridine rings is 1. The van der Waals surface area contributed by atoms with Gasteiger partial charge in [0.15, 0.2) is 5.13 Å². The molecule has 0 saturated carbocycles. The van der Waals surface area contributed by atoms with Crippen LogP contribution in [-0.2, 0) is 20.1 Å². The summed E-state index contributed by atoms with van der Waals surface area (Å²) in [4.78, 5) is 60.2. The van der Waals surface area contributed by atoms with Gasteiger partial charge in [-0.2, -0.15) is 11.8 Å². The maximum Gasteiger partial charge on any atom is 0.353 e. The van der Waals surface area contributed by atoms with Crippen molar-refractivity contribution >= 4 is 69.4 Å². The summed E-state index contributed by atoms with van der Waals surface area (Å²) in [7, 11) is 0. The highest BCUT2D eigenvalue weighted by Crippen LogP contribution is 2.44. The highest BCUT2D eigenvalue weighted by atomic mass is 35.5. The first-order valence-electron chi connectivity index (χ1n) is 11.0. The minimum absolute atomic E-state index is 0.0467. The van der Waals surface area contributed by atoms with Crippen molar-refractivity contribution in [1.82, 2.24) is 20.2 Å². The van der Waals surface area contributed by atoms with Gasteiger partial charge in [-0.1, -0.05) is 34.7 Å². The monoisotopic (exact) mass is 583 g/mol. The summed E-state index contributed by atoms with van der Waals surface area (Å²) in [6.45, 7) is 0.541. The number of allylic oxidation sites excluding steroid dienone is 1. The average molecular weight is 584 g/mol. The van der Waals surface area contributed by atoms with Crippen LogP contribution in [-0.4, -0.2) is 62.1 Å². The van der Waals surface area contributed by atoms with Gasteiger partial charge in [0.25, 0.3) is 11.8 Å². The molecule has 0 bridgehead atoms. The maximum absolute atomic E-state index is 13.0. The second kappa shape index (κ2) is 11.8. The summed E-state index contributed by atoms with van der Waals surface area (Å²) in [6, 6.07) is 0.454. The van der Waals surface area contributed by atoms with E-state index < -0.39 is 35.9 Å². The molecule has 2 aliphatic rings. The largest absolute Gasteiger partial charge is 0.477 e. The number of nitroso groups, excluding NO2 is 1. The van der Waals surface area contributed by atoms with Crippen molar-refractivity contribution in [2.75, 3.05) is 18.0 Å². The number of halogens is 1. The molecule has 2 aromatic heterocycles. The topological polar surface area (TPSA) is 194 Å². The van der Waals surface area contributed by atoms with Crippen molar-refractivity contribution in [1.29, 1.82) is 0 Å². The Balaban J connectivity index is 1.52. The van der Waals surface area contributed by atoms with E-state index >= 15 is 0 Å². The number of nitrogens with one attached hydrogen (secondary N) is 1. The van der Waals surface area contributed by atoms with Crippen LogP contribution in [0.25, 0.3) is 0 Å². The number of carbonyl (C=O) groups excluding carboxylic acids is 2. The molecule has 4 heterocycles. The molecule has 196 valence electrons. The Kier molecular flexibility index (Phi) is 8.69. The van der Waals surface area contributed by atoms with Crippen LogP contribution < -0.4 is 16.8 Å². The van der Waals surface area contributed by atoms with E-state index in [2.05, 4.69) is 20.5 Å². The number of nitrogens with two attached hydrogens (primary N) is 2. The van der Waals surface area contributed by atoms with E-state index in [0.29, 0.717) is 30.0 Å². The van der Waals surface area contributed by atoms with Gasteiger partial charge in [0.2, 0.25) is 6.04 Å². The summed E-state index contributed by atoms with van der Waals surface area (Å²) in [5, 5.41) is 15.3. The van der Waals surface area contributed by atoms with Crippen molar-refractivity contribution in [3.63, 3.8) is 0 Å². The fraction of sp³-hybridized carbons (Fsp3) is 0.381. The minimum Gasteiger partial charge on any atom is -0.477 e. The third kappa shape index (κ3) is 5.60. The third-order valence-electron chi connectivity index (χ3n) is 5.71. The Hall–Kier alpha value is -2.72. The predicted molar refractivity (Wildman–Crippen MR) is 142 cm³/mol. The van der Waals surface area contributed by atoms with E-state index in [1.54, 1.807) is 24.0 Å². The van der Waals surface area contributed by atoms with Crippen molar-refractivity contribution in [3.8, 4) is 0 Å². The van der Waals surface area contributed by atoms with Crippen LogP contribution in [0.1, 0.15) is 30.3 Å². The van der Waals surface area contributed by atoms with Gasteiger partial charge in [-0.3, -0.25) is 19.5 Å². The summed E-state index contributed by atoms with van der Waals surface area (Å²) >= 11 is 9.80. The zero-order valence-corrected chi connectivity index (χ0v) is 22.3. The SMILES string of the molecule is NCCSCc1ncccc1SC1=C(C(=O)O)N2C(=O)C(NC(=O)C(N=O)c3nc(N)sc3Cl)C2CC1. The predicted octanol–water partition coefficient (Wildman–Crippen LogP) is 2.35. The molecular formula is C21H22ClN7O5S3. The Bertz CT molecular complexity index is 1270. The van der Waals surface area contributed by atoms with Crippen LogP contribution in [0.3, 0.4) is 0 Å². The van der Waals surface area contributed by atoms with E-state index in [1.807, 2.05) is 6.07 Å². The van der Waals surface area contributed by atoms with E-state index in [1.165, 1.54) is 16.7 Å². The molecule has 0 aromatic carbocycles. The zero-order chi connectivity index (χ0) is 26.7. The number of nitrogens with zero attached hydrogens (tertiary/aromatic N) is 4. The first kappa shape index (κ1) is 27.3. The molecule has 16 heteroatoms. The van der Waals surface area contributed by atoms with Crippen molar-refractivity contribution in [2.24, 2.45) is 10.9 Å². The molecule has 6 N–H and O–H groups in total. The molecule has 4 rings (SSSR count). The molecule has 2 amide bonds. The van der Waals surface area contributed by atoms with Gasteiger partial charge in [-0.05, 0) is 30.2 Å². The number of amides is 2. The number of carboxylic acid groups (broad SMARTS) is 1. The molecule has 0 aliphatic carbocycles. The number of aliphatic carboxylic acids is 1. The zero-order valence-electron chi connectivity index (χ0n) is 19.1. The summed E-state index contributed by atoms with van der Waals surface area (Å²) in [5.41, 5.74) is 11.7. The molecule has 1 saturated heterocycles. The molecule has 3 atom stereocenters. The number of carbonyl (C=O) groups is 3. The summed E-state index contributed by atoms with van der Waals surface area (Å²) in [6.07, 6.45) is 2.46. The fourth-order valence-electron chi connectivity index (χ4n) is 4.09. The number of carboxylic acids is 1. The number of β-lactam (4-membered cyclic amide) rings is 1. The molecule has 12 nitrogen and oxygen atoms in total. The highest BCUT2D eigenvalue weighted by Gasteiger charge is 2.54. The molecule has 3 unspecified atom stereocenters. The second-order valence-electron chi connectivity index (χ2n) is 7.99. The number of hydrogen-bond donors (Lipinski definition) is 4. The molecule has 0 spiro atoms. The Morgan fingerprint density at radius 3 is 2.86 bits per heavy atom. The van der Waals surface area contributed by atoms with Crippen molar-refractivity contribution in [2.45, 2.75) is 41.6 Å².